The van der Waals surface area contributed by atoms with E-state index >= 15 is 0 Å². The van der Waals surface area contributed by atoms with Crippen LogP contribution in [0.3, 0.4) is 0 Å². The van der Waals surface area contributed by atoms with Crippen LogP contribution in [0.4, 0.5) is 5.69 Å². The Hall–Kier alpha value is -2.10. The molecule has 1 unspecified atom stereocenters. The summed E-state index contributed by atoms with van der Waals surface area (Å²) in [5, 5.41) is 5.83. The predicted octanol–water partition coefficient (Wildman–Crippen LogP) is 2.87. The Morgan fingerprint density at radius 3 is 2.48 bits per heavy atom. The molecule has 0 aliphatic heterocycles. The van der Waals surface area contributed by atoms with Gasteiger partial charge in [-0.15, -0.1) is 0 Å². The second kappa shape index (κ2) is 6.12. The maximum absolute atomic E-state index is 11.9. The molecule has 4 nitrogen and oxygen atoms in total. The Balaban J connectivity index is 1.52. The number of carbonyl (C=O) groups excluding carboxylic acids is 2. The quantitative estimate of drug-likeness (QED) is 0.817. The third-order valence-corrected chi connectivity index (χ3v) is 3.90. The highest BCUT2D eigenvalue weighted by atomic mass is 16.2. The van der Waals surface area contributed by atoms with Gasteiger partial charge in [-0.25, -0.2) is 0 Å². The van der Waals surface area contributed by atoms with E-state index in [9.17, 15) is 9.59 Å². The Morgan fingerprint density at radius 2 is 1.86 bits per heavy atom. The highest BCUT2D eigenvalue weighted by molar-refractivity contribution is 5.96. The summed E-state index contributed by atoms with van der Waals surface area (Å²) in [7, 11) is 0. The number of nitrogens with one attached hydrogen (secondary N) is 2. The lowest BCUT2D eigenvalue weighted by atomic mass is 10.0. The maximum atomic E-state index is 11.9. The van der Waals surface area contributed by atoms with Crippen molar-refractivity contribution < 1.29 is 9.59 Å². The van der Waals surface area contributed by atoms with Gasteiger partial charge < -0.3 is 10.6 Å². The molecule has 0 saturated heterocycles. The van der Waals surface area contributed by atoms with Gasteiger partial charge in [0.25, 0.3) is 5.91 Å². The van der Waals surface area contributed by atoms with E-state index in [1.165, 1.54) is 0 Å². The summed E-state index contributed by atoms with van der Waals surface area (Å²) in [4.78, 5) is 23.8. The van der Waals surface area contributed by atoms with Gasteiger partial charge in [0.05, 0.1) is 0 Å². The van der Waals surface area contributed by atoms with Crippen LogP contribution < -0.4 is 10.6 Å². The lowest BCUT2D eigenvalue weighted by molar-refractivity contribution is -0.116. The van der Waals surface area contributed by atoms with Crippen molar-refractivity contribution in [3.63, 3.8) is 0 Å². The number of rotatable bonds is 5. The fourth-order valence-electron chi connectivity index (χ4n) is 2.52. The SMILES string of the molecule is O=C(CC1C=CCC1)Nc1ccc(C(=O)NC2CC2)cc1. The maximum Gasteiger partial charge on any atom is 0.251 e. The molecular weight excluding hydrogens is 264 g/mol. The fraction of sp³-hybridized carbons (Fsp3) is 0.412. The first kappa shape index (κ1) is 13.9. The summed E-state index contributed by atoms with van der Waals surface area (Å²) < 4.78 is 0. The molecule has 1 atom stereocenters. The summed E-state index contributed by atoms with van der Waals surface area (Å²) in [6, 6.07) is 7.43. The summed E-state index contributed by atoms with van der Waals surface area (Å²) in [6.07, 6.45) is 9.07. The Kier molecular flexibility index (Phi) is 4.04. The molecule has 1 fully saturated rings. The third-order valence-electron chi connectivity index (χ3n) is 3.90. The van der Waals surface area contributed by atoms with Gasteiger partial charge in [0.15, 0.2) is 0 Å². The summed E-state index contributed by atoms with van der Waals surface area (Å²) >= 11 is 0. The zero-order valence-corrected chi connectivity index (χ0v) is 12.0. The van der Waals surface area contributed by atoms with Gasteiger partial charge >= 0.3 is 0 Å². The summed E-state index contributed by atoms with van der Waals surface area (Å²) in [5.74, 6) is 0.363. The van der Waals surface area contributed by atoms with Crippen molar-refractivity contribution in [2.45, 2.75) is 38.1 Å². The number of hydrogen-bond acceptors (Lipinski definition) is 2. The molecule has 21 heavy (non-hydrogen) atoms. The molecule has 0 radical (unpaired) electrons. The van der Waals surface area contributed by atoms with Crippen LogP contribution in [0, 0.1) is 5.92 Å². The molecule has 2 aliphatic carbocycles. The molecular formula is C17H20N2O2. The average Bonchev–Trinajstić information content (AvgIpc) is 3.13. The van der Waals surface area contributed by atoms with Crippen LogP contribution >= 0.6 is 0 Å². The summed E-state index contributed by atoms with van der Waals surface area (Å²) in [6.45, 7) is 0. The zero-order valence-electron chi connectivity index (χ0n) is 12.0. The molecule has 4 heteroatoms. The first-order valence-electron chi connectivity index (χ1n) is 7.58. The fourth-order valence-corrected chi connectivity index (χ4v) is 2.52. The summed E-state index contributed by atoms with van der Waals surface area (Å²) in [5.41, 5.74) is 1.38. The smallest absolute Gasteiger partial charge is 0.251 e. The van der Waals surface area contributed by atoms with E-state index in [1.807, 2.05) is 0 Å². The first-order valence-corrected chi connectivity index (χ1v) is 7.58. The molecule has 2 N–H and O–H groups in total. The van der Waals surface area contributed by atoms with Crippen LogP contribution in [-0.2, 0) is 4.79 Å². The molecule has 2 amide bonds. The van der Waals surface area contributed by atoms with E-state index < -0.39 is 0 Å². The number of amides is 2. The molecule has 3 rings (SSSR count). The zero-order chi connectivity index (χ0) is 14.7. The largest absolute Gasteiger partial charge is 0.349 e. The predicted molar refractivity (Wildman–Crippen MR) is 82.0 cm³/mol. The van der Waals surface area contributed by atoms with Gasteiger partial charge in [-0.1, -0.05) is 12.2 Å². The van der Waals surface area contributed by atoms with Gasteiger partial charge in [0.1, 0.15) is 0 Å². The average molecular weight is 284 g/mol. The van der Waals surface area contributed by atoms with Crippen molar-refractivity contribution in [1.82, 2.24) is 5.32 Å². The highest BCUT2D eigenvalue weighted by Gasteiger charge is 2.23. The second-order valence-corrected chi connectivity index (χ2v) is 5.84. The van der Waals surface area contributed by atoms with Crippen molar-refractivity contribution in [2.75, 3.05) is 5.32 Å². The van der Waals surface area contributed by atoms with Crippen molar-refractivity contribution in [2.24, 2.45) is 5.92 Å². The van der Waals surface area contributed by atoms with E-state index in [0.717, 1.165) is 31.4 Å². The van der Waals surface area contributed by atoms with E-state index in [1.54, 1.807) is 24.3 Å². The van der Waals surface area contributed by atoms with Gasteiger partial charge in [-0.3, -0.25) is 9.59 Å². The molecule has 0 spiro atoms. The molecule has 0 bridgehead atoms. The minimum Gasteiger partial charge on any atom is -0.349 e. The second-order valence-electron chi connectivity index (χ2n) is 5.84. The van der Waals surface area contributed by atoms with Crippen molar-refractivity contribution in [3.05, 3.63) is 42.0 Å². The van der Waals surface area contributed by atoms with Crippen LogP contribution in [0.25, 0.3) is 0 Å². The Bertz CT molecular complexity index is 559. The van der Waals surface area contributed by atoms with E-state index in [-0.39, 0.29) is 11.8 Å². The molecule has 2 aliphatic rings. The van der Waals surface area contributed by atoms with E-state index in [0.29, 0.717) is 23.9 Å². The molecule has 110 valence electrons. The lowest BCUT2D eigenvalue weighted by Gasteiger charge is -2.09. The highest BCUT2D eigenvalue weighted by Crippen LogP contribution is 2.22. The Morgan fingerprint density at radius 1 is 1.10 bits per heavy atom. The molecule has 1 saturated carbocycles. The van der Waals surface area contributed by atoms with Crippen molar-refractivity contribution in [3.8, 4) is 0 Å². The van der Waals surface area contributed by atoms with Crippen LogP contribution in [0.2, 0.25) is 0 Å². The third kappa shape index (κ3) is 3.94. The van der Waals surface area contributed by atoms with Crippen LogP contribution in [0.1, 0.15) is 42.5 Å². The first-order chi connectivity index (χ1) is 10.2. The van der Waals surface area contributed by atoms with Crippen LogP contribution in [-0.4, -0.2) is 17.9 Å². The van der Waals surface area contributed by atoms with Gasteiger partial charge in [-0.2, -0.15) is 0 Å². The number of benzene rings is 1. The van der Waals surface area contributed by atoms with Crippen LogP contribution in [0.15, 0.2) is 36.4 Å². The number of hydrogen-bond donors (Lipinski definition) is 2. The topological polar surface area (TPSA) is 58.2 Å². The van der Waals surface area contributed by atoms with Gasteiger partial charge in [-0.05, 0) is 55.9 Å². The monoisotopic (exact) mass is 284 g/mol. The molecule has 1 aromatic rings. The molecule has 0 heterocycles. The Labute approximate surface area is 124 Å². The standard InChI is InChI=1S/C17H20N2O2/c20-16(11-12-3-1-2-4-12)18-14-7-5-13(6-8-14)17(21)19-15-9-10-15/h1,3,5-8,12,15H,2,4,9-11H2,(H,18,20)(H,19,21). The van der Waals surface area contributed by atoms with Gasteiger partial charge in [0, 0.05) is 23.7 Å². The normalized spacial score (nSPS) is 20.3. The minimum atomic E-state index is -0.0357. The lowest BCUT2D eigenvalue weighted by Crippen LogP contribution is -2.25. The number of allylic oxidation sites excluding steroid dienone is 2. The van der Waals surface area contributed by atoms with Crippen molar-refractivity contribution in [1.29, 1.82) is 0 Å². The van der Waals surface area contributed by atoms with Crippen LogP contribution in [0.5, 0.6) is 0 Å². The number of anilines is 1. The van der Waals surface area contributed by atoms with E-state index in [4.69, 9.17) is 0 Å². The number of carbonyl (C=O) groups is 2. The molecule has 1 aromatic carbocycles. The van der Waals surface area contributed by atoms with Crippen molar-refractivity contribution >= 4 is 17.5 Å². The minimum absolute atomic E-state index is 0.0294. The van der Waals surface area contributed by atoms with Gasteiger partial charge in [0.2, 0.25) is 5.91 Å². The van der Waals surface area contributed by atoms with E-state index in [2.05, 4.69) is 22.8 Å². The molecule has 0 aromatic heterocycles.